The van der Waals surface area contributed by atoms with Crippen LogP contribution in [0.15, 0.2) is 18.2 Å². The lowest BCUT2D eigenvalue weighted by Gasteiger charge is -2.30. The minimum Gasteiger partial charge on any atom is -0.466 e. The number of carbonyl (C=O) groups excluding carboxylic acids is 2. The molecule has 0 unspecified atom stereocenters. The third-order valence-corrected chi connectivity index (χ3v) is 4.39. The van der Waals surface area contributed by atoms with E-state index in [4.69, 9.17) is 16.3 Å². The molecule has 1 aliphatic rings. The number of anilines is 1. The number of piperidine rings is 1. The van der Waals surface area contributed by atoms with Crippen LogP contribution in [0.2, 0.25) is 5.02 Å². The second kappa shape index (κ2) is 8.73. The number of nitrogens with zero attached hydrogens (tertiary/aromatic N) is 1. The van der Waals surface area contributed by atoms with Gasteiger partial charge in [0.25, 0.3) is 0 Å². The van der Waals surface area contributed by atoms with Gasteiger partial charge in [-0.25, -0.2) is 0 Å². The van der Waals surface area contributed by atoms with Gasteiger partial charge in [-0.1, -0.05) is 11.6 Å². The number of alkyl halides is 3. The number of ether oxygens (including phenoxy) is 1. The topological polar surface area (TPSA) is 58.6 Å². The number of rotatable bonds is 5. The Bertz CT molecular complexity index is 667. The van der Waals surface area contributed by atoms with Gasteiger partial charge in [0.2, 0.25) is 5.91 Å². The van der Waals surface area contributed by atoms with Crippen LogP contribution in [0.4, 0.5) is 18.9 Å². The third kappa shape index (κ3) is 5.60. The van der Waals surface area contributed by atoms with Crippen LogP contribution >= 0.6 is 11.6 Å². The summed E-state index contributed by atoms with van der Waals surface area (Å²) in [7, 11) is 0. The highest BCUT2D eigenvalue weighted by Crippen LogP contribution is 2.33. The quantitative estimate of drug-likeness (QED) is 0.778. The Balaban J connectivity index is 1.97. The van der Waals surface area contributed by atoms with Crippen LogP contribution in [-0.2, 0) is 20.5 Å². The lowest BCUT2D eigenvalue weighted by Crippen LogP contribution is -2.43. The van der Waals surface area contributed by atoms with Crippen LogP contribution in [0.1, 0.15) is 25.3 Å². The highest BCUT2D eigenvalue weighted by Gasteiger charge is 2.31. The molecular formula is C17H20ClF3N2O3. The average Bonchev–Trinajstić information content (AvgIpc) is 2.56. The first-order valence-corrected chi connectivity index (χ1v) is 8.64. The van der Waals surface area contributed by atoms with Gasteiger partial charge in [-0.3, -0.25) is 14.5 Å². The maximum absolute atomic E-state index is 12.8. The predicted octanol–water partition coefficient (Wildman–Crippen LogP) is 3.57. The van der Waals surface area contributed by atoms with Crippen molar-refractivity contribution >= 4 is 29.2 Å². The second-order valence-corrected chi connectivity index (χ2v) is 6.47. The fraction of sp³-hybridized carbons (Fsp3) is 0.529. The molecule has 26 heavy (non-hydrogen) atoms. The van der Waals surface area contributed by atoms with Crippen molar-refractivity contribution in [2.75, 3.05) is 31.6 Å². The van der Waals surface area contributed by atoms with Crippen molar-refractivity contribution in [2.45, 2.75) is 25.9 Å². The summed E-state index contributed by atoms with van der Waals surface area (Å²) in [6.07, 6.45) is -3.10. The van der Waals surface area contributed by atoms with E-state index in [0.717, 1.165) is 24.6 Å². The van der Waals surface area contributed by atoms with Crippen LogP contribution in [0.5, 0.6) is 0 Å². The number of halogens is 4. The van der Waals surface area contributed by atoms with Crippen molar-refractivity contribution in [3.05, 3.63) is 28.8 Å². The Morgan fingerprint density at radius 2 is 2.12 bits per heavy atom. The second-order valence-electron chi connectivity index (χ2n) is 6.07. The largest absolute Gasteiger partial charge is 0.466 e. The van der Waals surface area contributed by atoms with Crippen molar-refractivity contribution in [1.82, 2.24) is 4.90 Å². The molecule has 9 heteroatoms. The van der Waals surface area contributed by atoms with Gasteiger partial charge >= 0.3 is 12.1 Å². The zero-order chi connectivity index (χ0) is 19.3. The molecule has 0 spiro atoms. The molecule has 1 aromatic carbocycles. The number of esters is 1. The zero-order valence-electron chi connectivity index (χ0n) is 14.2. The standard InChI is InChI=1S/C17H20ClF3N2O3/c1-2-26-16(25)11-4-3-7-23(9-11)10-15(24)22-14-8-12(17(19,20)21)5-6-13(14)18/h5-6,8,11H,2-4,7,9-10H2,1H3,(H,22,24)/t11-/m0/s1. The average molecular weight is 393 g/mol. The maximum Gasteiger partial charge on any atom is 0.416 e. The molecule has 1 heterocycles. The number of carbonyl (C=O) groups is 2. The van der Waals surface area contributed by atoms with Gasteiger partial charge < -0.3 is 10.1 Å². The highest BCUT2D eigenvalue weighted by molar-refractivity contribution is 6.33. The zero-order valence-corrected chi connectivity index (χ0v) is 15.0. The first-order valence-electron chi connectivity index (χ1n) is 8.26. The minimum absolute atomic E-state index is 0.0226. The molecule has 144 valence electrons. The summed E-state index contributed by atoms with van der Waals surface area (Å²) in [5.41, 5.74) is -0.983. The summed E-state index contributed by atoms with van der Waals surface area (Å²) in [5, 5.41) is 2.43. The number of benzene rings is 1. The smallest absolute Gasteiger partial charge is 0.416 e. The van der Waals surface area contributed by atoms with Gasteiger partial charge in [0.05, 0.1) is 35.3 Å². The van der Waals surface area contributed by atoms with Gasteiger partial charge in [-0.05, 0) is 44.5 Å². The molecule has 1 saturated heterocycles. The Labute approximate surface area is 154 Å². The minimum atomic E-state index is -4.52. The Hall–Kier alpha value is -1.80. The lowest BCUT2D eigenvalue weighted by atomic mass is 9.98. The van der Waals surface area contributed by atoms with E-state index >= 15 is 0 Å². The molecular weight excluding hydrogens is 373 g/mol. The SMILES string of the molecule is CCOC(=O)[C@H]1CCCN(CC(=O)Nc2cc(C(F)(F)F)ccc2Cl)C1. The lowest BCUT2D eigenvalue weighted by molar-refractivity contribution is -0.150. The van der Waals surface area contributed by atoms with Crippen molar-refractivity contribution < 1.29 is 27.5 Å². The fourth-order valence-electron chi connectivity index (χ4n) is 2.84. The van der Waals surface area contributed by atoms with Crippen LogP contribution in [0.3, 0.4) is 0 Å². The van der Waals surface area contributed by atoms with Crippen molar-refractivity contribution in [1.29, 1.82) is 0 Å². The molecule has 1 fully saturated rings. The van der Waals surface area contributed by atoms with Crippen LogP contribution < -0.4 is 5.32 Å². The van der Waals surface area contributed by atoms with Crippen molar-refractivity contribution in [3.63, 3.8) is 0 Å². The van der Waals surface area contributed by atoms with Gasteiger partial charge in [-0.2, -0.15) is 13.2 Å². The van der Waals surface area contributed by atoms with E-state index in [1.807, 2.05) is 0 Å². The van der Waals surface area contributed by atoms with E-state index < -0.39 is 17.6 Å². The Morgan fingerprint density at radius 1 is 1.38 bits per heavy atom. The van der Waals surface area contributed by atoms with Gasteiger partial charge in [0.15, 0.2) is 0 Å². The summed E-state index contributed by atoms with van der Waals surface area (Å²) >= 11 is 5.88. The highest BCUT2D eigenvalue weighted by atomic mass is 35.5. The normalized spacial score (nSPS) is 18.4. The van der Waals surface area contributed by atoms with Gasteiger partial charge in [0.1, 0.15) is 0 Å². The Morgan fingerprint density at radius 3 is 2.77 bits per heavy atom. The molecule has 2 rings (SSSR count). The number of hydrogen-bond donors (Lipinski definition) is 1. The maximum atomic E-state index is 12.8. The number of amides is 1. The van der Waals surface area contributed by atoms with E-state index in [2.05, 4.69) is 5.32 Å². The fourth-order valence-corrected chi connectivity index (χ4v) is 3.01. The first kappa shape index (κ1) is 20.5. The molecule has 0 saturated carbocycles. The molecule has 1 aromatic rings. The van der Waals surface area contributed by atoms with E-state index in [1.165, 1.54) is 0 Å². The summed E-state index contributed by atoms with van der Waals surface area (Å²) in [6.45, 7) is 2.99. The van der Waals surface area contributed by atoms with Gasteiger partial charge in [-0.15, -0.1) is 0 Å². The molecule has 0 bridgehead atoms. The van der Waals surface area contributed by atoms with E-state index in [1.54, 1.807) is 11.8 Å². The number of hydrogen-bond acceptors (Lipinski definition) is 4. The molecule has 0 radical (unpaired) electrons. The molecule has 5 nitrogen and oxygen atoms in total. The monoisotopic (exact) mass is 392 g/mol. The van der Waals surface area contributed by atoms with Crippen molar-refractivity contribution in [3.8, 4) is 0 Å². The van der Waals surface area contributed by atoms with Crippen molar-refractivity contribution in [2.24, 2.45) is 5.92 Å². The predicted molar refractivity (Wildman–Crippen MR) is 90.9 cm³/mol. The number of likely N-dealkylation sites (tertiary alicyclic amines) is 1. The third-order valence-electron chi connectivity index (χ3n) is 4.06. The van der Waals surface area contributed by atoms with Gasteiger partial charge in [0, 0.05) is 6.54 Å². The molecule has 1 aliphatic heterocycles. The van der Waals surface area contributed by atoms with E-state index in [0.29, 0.717) is 26.1 Å². The number of nitrogens with one attached hydrogen (secondary N) is 1. The van der Waals surface area contributed by atoms with Crippen LogP contribution in [-0.4, -0.2) is 43.0 Å². The summed E-state index contributed by atoms with van der Waals surface area (Å²) in [6, 6.07) is 2.75. The van der Waals surface area contributed by atoms with E-state index in [-0.39, 0.29) is 29.1 Å². The molecule has 1 atom stereocenters. The first-order chi connectivity index (χ1) is 12.2. The summed E-state index contributed by atoms with van der Waals surface area (Å²) < 4.78 is 43.4. The molecule has 0 aromatic heterocycles. The summed E-state index contributed by atoms with van der Waals surface area (Å²) in [4.78, 5) is 25.8. The molecule has 1 N–H and O–H groups in total. The van der Waals surface area contributed by atoms with Crippen LogP contribution in [0.25, 0.3) is 0 Å². The Kier molecular flexibility index (Phi) is 6.88. The summed E-state index contributed by atoms with van der Waals surface area (Å²) in [5.74, 6) is -1.08. The van der Waals surface area contributed by atoms with E-state index in [9.17, 15) is 22.8 Å². The molecule has 0 aliphatic carbocycles. The van der Waals surface area contributed by atoms with Crippen LogP contribution in [0, 0.1) is 5.92 Å². The molecule has 1 amide bonds.